The smallest absolute Gasteiger partial charge is 0.00817 e. The van der Waals surface area contributed by atoms with Gasteiger partial charge in [0.25, 0.3) is 0 Å². The predicted molar refractivity (Wildman–Crippen MR) is 81.0 cm³/mol. The standard InChI is InChI=1S/C16H34N2/c1-14(2)9-6-8-11-17-15(3)13-16-10-5-4-7-12-18-16/h14-18H,4-13H2,1-3H3. The fourth-order valence-electron chi connectivity index (χ4n) is 2.84. The van der Waals surface area contributed by atoms with E-state index in [9.17, 15) is 0 Å². The second-order valence-electron chi connectivity index (χ2n) is 6.48. The molecule has 2 unspecified atom stereocenters. The third kappa shape index (κ3) is 8.10. The zero-order valence-corrected chi connectivity index (χ0v) is 12.8. The van der Waals surface area contributed by atoms with Gasteiger partial charge < -0.3 is 10.6 Å². The molecule has 1 rings (SSSR count). The molecule has 0 bridgehead atoms. The molecule has 2 N–H and O–H groups in total. The second-order valence-corrected chi connectivity index (χ2v) is 6.48. The van der Waals surface area contributed by atoms with E-state index in [1.54, 1.807) is 0 Å². The Balaban J connectivity index is 2.00. The third-order valence-corrected chi connectivity index (χ3v) is 4.00. The number of rotatable bonds is 8. The summed E-state index contributed by atoms with van der Waals surface area (Å²) < 4.78 is 0. The van der Waals surface area contributed by atoms with Gasteiger partial charge in [-0.1, -0.05) is 39.5 Å². The summed E-state index contributed by atoms with van der Waals surface area (Å²) in [5.74, 6) is 0.859. The van der Waals surface area contributed by atoms with E-state index >= 15 is 0 Å². The highest BCUT2D eigenvalue weighted by Gasteiger charge is 2.14. The van der Waals surface area contributed by atoms with Gasteiger partial charge >= 0.3 is 0 Å². The third-order valence-electron chi connectivity index (χ3n) is 4.00. The Bertz CT molecular complexity index is 184. The van der Waals surface area contributed by atoms with E-state index in [1.165, 1.54) is 64.5 Å². The van der Waals surface area contributed by atoms with E-state index in [-0.39, 0.29) is 0 Å². The van der Waals surface area contributed by atoms with Gasteiger partial charge in [-0.2, -0.15) is 0 Å². The molecule has 2 nitrogen and oxygen atoms in total. The fourth-order valence-corrected chi connectivity index (χ4v) is 2.84. The van der Waals surface area contributed by atoms with E-state index in [0.29, 0.717) is 6.04 Å². The van der Waals surface area contributed by atoms with Gasteiger partial charge in [0.05, 0.1) is 0 Å². The van der Waals surface area contributed by atoms with Gasteiger partial charge in [0.1, 0.15) is 0 Å². The highest BCUT2D eigenvalue weighted by molar-refractivity contribution is 4.75. The van der Waals surface area contributed by atoms with Gasteiger partial charge in [-0.25, -0.2) is 0 Å². The summed E-state index contributed by atoms with van der Waals surface area (Å²) in [6.45, 7) is 9.39. The molecule has 18 heavy (non-hydrogen) atoms. The lowest BCUT2D eigenvalue weighted by molar-refractivity contribution is 0.397. The molecule has 0 amide bonds. The van der Waals surface area contributed by atoms with Crippen LogP contribution in [0.15, 0.2) is 0 Å². The highest BCUT2D eigenvalue weighted by atomic mass is 14.9. The van der Waals surface area contributed by atoms with E-state index in [1.807, 2.05) is 0 Å². The van der Waals surface area contributed by atoms with Crippen molar-refractivity contribution in [3.63, 3.8) is 0 Å². The molecule has 0 radical (unpaired) electrons. The number of hydrogen-bond donors (Lipinski definition) is 2. The highest BCUT2D eigenvalue weighted by Crippen LogP contribution is 2.12. The Kier molecular flexibility index (Phi) is 8.70. The maximum Gasteiger partial charge on any atom is 0.00817 e. The molecule has 2 atom stereocenters. The van der Waals surface area contributed by atoms with Crippen LogP contribution in [-0.4, -0.2) is 25.2 Å². The Labute approximate surface area is 114 Å². The maximum atomic E-state index is 3.69. The summed E-state index contributed by atoms with van der Waals surface area (Å²) in [5.41, 5.74) is 0. The van der Waals surface area contributed by atoms with Crippen molar-refractivity contribution in [1.82, 2.24) is 10.6 Å². The minimum absolute atomic E-state index is 0.666. The number of hydrogen-bond acceptors (Lipinski definition) is 2. The Morgan fingerprint density at radius 1 is 1.11 bits per heavy atom. The van der Waals surface area contributed by atoms with Crippen molar-refractivity contribution >= 4 is 0 Å². The van der Waals surface area contributed by atoms with Crippen LogP contribution in [0.2, 0.25) is 0 Å². The first-order valence-electron chi connectivity index (χ1n) is 8.15. The van der Waals surface area contributed by atoms with Crippen LogP contribution in [0.25, 0.3) is 0 Å². The van der Waals surface area contributed by atoms with Crippen molar-refractivity contribution in [3.05, 3.63) is 0 Å². The van der Waals surface area contributed by atoms with Crippen molar-refractivity contribution in [3.8, 4) is 0 Å². The van der Waals surface area contributed by atoms with Crippen LogP contribution < -0.4 is 10.6 Å². The Hall–Kier alpha value is -0.0800. The fraction of sp³-hybridized carbons (Fsp3) is 1.00. The minimum Gasteiger partial charge on any atom is -0.314 e. The number of unbranched alkanes of at least 4 members (excludes halogenated alkanes) is 1. The summed E-state index contributed by atoms with van der Waals surface area (Å²) in [6, 6.07) is 1.42. The van der Waals surface area contributed by atoms with Crippen LogP contribution in [0.3, 0.4) is 0 Å². The molecule has 1 aliphatic rings. The first-order chi connectivity index (χ1) is 8.68. The SMILES string of the molecule is CC(C)CCCCNC(C)CC1CCCCCN1. The zero-order chi connectivity index (χ0) is 13.2. The summed E-state index contributed by atoms with van der Waals surface area (Å²) in [4.78, 5) is 0. The van der Waals surface area contributed by atoms with Gasteiger partial charge in [0.2, 0.25) is 0 Å². The van der Waals surface area contributed by atoms with Gasteiger partial charge in [0, 0.05) is 12.1 Å². The molecule has 0 spiro atoms. The van der Waals surface area contributed by atoms with Crippen LogP contribution in [0, 0.1) is 5.92 Å². The molecular weight excluding hydrogens is 220 g/mol. The topological polar surface area (TPSA) is 24.1 Å². The van der Waals surface area contributed by atoms with Crippen LogP contribution >= 0.6 is 0 Å². The molecule has 1 heterocycles. The molecule has 0 saturated carbocycles. The molecule has 1 saturated heterocycles. The van der Waals surface area contributed by atoms with E-state index in [2.05, 4.69) is 31.4 Å². The molecule has 1 aliphatic heterocycles. The molecule has 1 fully saturated rings. The van der Waals surface area contributed by atoms with Gasteiger partial charge in [-0.3, -0.25) is 0 Å². The molecule has 0 aliphatic carbocycles. The average molecular weight is 254 g/mol. The monoisotopic (exact) mass is 254 g/mol. The summed E-state index contributed by atoms with van der Waals surface area (Å²) >= 11 is 0. The van der Waals surface area contributed by atoms with Gasteiger partial charge in [-0.15, -0.1) is 0 Å². The van der Waals surface area contributed by atoms with Crippen LogP contribution in [0.1, 0.15) is 72.1 Å². The van der Waals surface area contributed by atoms with Crippen LogP contribution in [0.5, 0.6) is 0 Å². The zero-order valence-electron chi connectivity index (χ0n) is 12.8. The Morgan fingerprint density at radius 3 is 2.72 bits per heavy atom. The molecule has 0 aromatic rings. The Morgan fingerprint density at radius 2 is 1.94 bits per heavy atom. The molecule has 2 heteroatoms. The van der Waals surface area contributed by atoms with Crippen molar-refractivity contribution < 1.29 is 0 Å². The summed E-state index contributed by atoms with van der Waals surface area (Å²) in [5, 5.41) is 7.37. The lowest BCUT2D eigenvalue weighted by Gasteiger charge is -2.21. The first kappa shape index (κ1) is 16.0. The maximum absolute atomic E-state index is 3.69. The second kappa shape index (κ2) is 9.80. The first-order valence-corrected chi connectivity index (χ1v) is 8.15. The van der Waals surface area contributed by atoms with E-state index in [4.69, 9.17) is 0 Å². The van der Waals surface area contributed by atoms with Gasteiger partial charge in [0.15, 0.2) is 0 Å². The molecule has 108 valence electrons. The molecular formula is C16H34N2. The van der Waals surface area contributed by atoms with E-state index in [0.717, 1.165) is 12.0 Å². The summed E-state index contributed by atoms with van der Waals surface area (Å²) in [7, 11) is 0. The molecule has 0 aromatic heterocycles. The van der Waals surface area contributed by atoms with Crippen molar-refractivity contribution in [2.24, 2.45) is 5.92 Å². The van der Waals surface area contributed by atoms with Crippen molar-refractivity contribution in [2.45, 2.75) is 84.2 Å². The minimum atomic E-state index is 0.666. The normalized spacial score (nSPS) is 23.0. The van der Waals surface area contributed by atoms with Crippen LogP contribution in [-0.2, 0) is 0 Å². The van der Waals surface area contributed by atoms with Gasteiger partial charge in [-0.05, 0) is 51.6 Å². The summed E-state index contributed by atoms with van der Waals surface area (Å²) in [6.07, 6.45) is 11.0. The molecule has 0 aromatic carbocycles. The predicted octanol–water partition coefficient (Wildman–Crippen LogP) is 3.71. The van der Waals surface area contributed by atoms with E-state index < -0.39 is 0 Å². The van der Waals surface area contributed by atoms with Crippen LogP contribution in [0.4, 0.5) is 0 Å². The quantitative estimate of drug-likeness (QED) is 0.645. The van der Waals surface area contributed by atoms with Crippen molar-refractivity contribution in [1.29, 1.82) is 0 Å². The lowest BCUT2D eigenvalue weighted by atomic mass is 10.0. The average Bonchev–Trinajstić information content (AvgIpc) is 2.56. The number of nitrogens with one attached hydrogen (secondary N) is 2. The van der Waals surface area contributed by atoms with Crippen molar-refractivity contribution in [2.75, 3.05) is 13.1 Å². The lowest BCUT2D eigenvalue weighted by Crippen LogP contribution is -2.37. The largest absolute Gasteiger partial charge is 0.314 e.